The van der Waals surface area contributed by atoms with Crippen LogP contribution in [0.3, 0.4) is 0 Å². The van der Waals surface area contributed by atoms with E-state index in [9.17, 15) is 4.79 Å². The molecule has 1 aromatic carbocycles. The van der Waals surface area contributed by atoms with Crippen LogP contribution >= 0.6 is 0 Å². The molecule has 1 atom stereocenters. The molecule has 0 fully saturated rings. The number of carbonyl (C=O) groups is 1. The monoisotopic (exact) mass is 380 g/mol. The molecule has 8 heteroatoms. The average Bonchev–Trinajstić information content (AvgIpc) is 3.22. The Bertz CT molecular complexity index is 942. The smallest absolute Gasteiger partial charge is 0.321 e. The van der Waals surface area contributed by atoms with Crippen molar-refractivity contribution < 1.29 is 9.53 Å². The SMILES string of the molecule is COc1ccc(-n2cnnc2)cc1NC(=O)N(C)C(C)Cc1cc(C)ccn1. The number of methoxy groups -OCH3 is 1. The minimum Gasteiger partial charge on any atom is -0.495 e. The number of nitrogens with zero attached hydrogens (tertiary/aromatic N) is 5. The van der Waals surface area contributed by atoms with E-state index in [0.29, 0.717) is 17.9 Å². The summed E-state index contributed by atoms with van der Waals surface area (Å²) in [4.78, 5) is 18.8. The highest BCUT2D eigenvalue weighted by atomic mass is 16.5. The fourth-order valence-electron chi connectivity index (χ4n) is 2.84. The summed E-state index contributed by atoms with van der Waals surface area (Å²) in [5, 5.41) is 10.5. The Morgan fingerprint density at radius 3 is 2.68 bits per heavy atom. The number of aromatic nitrogens is 4. The molecule has 0 bridgehead atoms. The Morgan fingerprint density at radius 1 is 1.25 bits per heavy atom. The number of hydrogen-bond acceptors (Lipinski definition) is 5. The number of amides is 2. The highest BCUT2D eigenvalue weighted by Crippen LogP contribution is 2.27. The van der Waals surface area contributed by atoms with Gasteiger partial charge in [-0.2, -0.15) is 0 Å². The average molecular weight is 380 g/mol. The topological polar surface area (TPSA) is 85.2 Å². The number of aryl methyl sites for hydroxylation is 1. The predicted octanol–water partition coefficient (Wildman–Crippen LogP) is 3.07. The lowest BCUT2D eigenvalue weighted by atomic mass is 10.1. The van der Waals surface area contributed by atoms with E-state index in [0.717, 1.165) is 16.9 Å². The van der Waals surface area contributed by atoms with Crippen LogP contribution in [0.15, 0.2) is 49.2 Å². The lowest BCUT2D eigenvalue weighted by Gasteiger charge is -2.25. The fourth-order valence-corrected chi connectivity index (χ4v) is 2.84. The summed E-state index contributed by atoms with van der Waals surface area (Å²) in [5.74, 6) is 0.576. The predicted molar refractivity (Wildman–Crippen MR) is 107 cm³/mol. The maximum absolute atomic E-state index is 12.8. The molecular formula is C20H24N6O2. The maximum atomic E-state index is 12.8. The minimum atomic E-state index is -0.223. The van der Waals surface area contributed by atoms with Crippen molar-refractivity contribution in [2.24, 2.45) is 0 Å². The quantitative estimate of drug-likeness (QED) is 0.710. The van der Waals surface area contributed by atoms with Crippen molar-refractivity contribution in [1.29, 1.82) is 0 Å². The van der Waals surface area contributed by atoms with Crippen LogP contribution in [0.1, 0.15) is 18.2 Å². The third kappa shape index (κ3) is 4.46. The molecule has 28 heavy (non-hydrogen) atoms. The molecule has 1 N–H and O–H groups in total. The van der Waals surface area contributed by atoms with Gasteiger partial charge >= 0.3 is 6.03 Å². The summed E-state index contributed by atoms with van der Waals surface area (Å²) in [6.07, 6.45) is 5.65. The van der Waals surface area contributed by atoms with Crippen LogP contribution in [0.25, 0.3) is 5.69 Å². The van der Waals surface area contributed by atoms with Crippen molar-refractivity contribution in [2.75, 3.05) is 19.5 Å². The Morgan fingerprint density at radius 2 is 2.00 bits per heavy atom. The van der Waals surface area contributed by atoms with Gasteiger partial charge in [0.05, 0.1) is 18.5 Å². The Hall–Kier alpha value is -3.42. The second-order valence-electron chi connectivity index (χ2n) is 6.67. The van der Waals surface area contributed by atoms with E-state index >= 15 is 0 Å². The molecular weight excluding hydrogens is 356 g/mol. The molecule has 0 saturated carbocycles. The van der Waals surface area contributed by atoms with Gasteiger partial charge in [-0.3, -0.25) is 9.55 Å². The highest BCUT2D eigenvalue weighted by molar-refractivity contribution is 5.91. The van der Waals surface area contributed by atoms with Gasteiger partial charge in [0.15, 0.2) is 0 Å². The first kappa shape index (κ1) is 19.3. The number of likely N-dealkylation sites (N-methyl/N-ethyl adjacent to an activating group) is 1. The Labute approximate surface area is 164 Å². The van der Waals surface area contributed by atoms with Crippen LogP contribution in [-0.2, 0) is 6.42 Å². The van der Waals surface area contributed by atoms with Gasteiger partial charge in [-0.15, -0.1) is 10.2 Å². The van der Waals surface area contributed by atoms with Crippen LogP contribution in [-0.4, -0.2) is 50.9 Å². The van der Waals surface area contributed by atoms with Gasteiger partial charge in [0.2, 0.25) is 0 Å². The molecule has 3 rings (SSSR count). The standard InChI is InChI=1S/C20H24N6O2/c1-14-7-8-21-16(9-14)10-15(2)25(3)20(27)24-18-11-17(5-6-19(18)28-4)26-12-22-23-13-26/h5-9,11-13,15H,10H2,1-4H3,(H,24,27). The van der Waals surface area contributed by atoms with Gasteiger partial charge in [-0.05, 0) is 49.7 Å². The molecule has 0 aliphatic rings. The fraction of sp³-hybridized carbons (Fsp3) is 0.300. The van der Waals surface area contributed by atoms with E-state index < -0.39 is 0 Å². The summed E-state index contributed by atoms with van der Waals surface area (Å²) >= 11 is 0. The van der Waals surface area contributed by atoms with E-state index in [1.165, 1.54) is 0 Å². The molecule has 0 aliphatic heterocycles. The van der Waals surface area contributed by atoms with Crippen molar-refractivity contribution in [1.82, 2.24) is 24.6 Å². The van der Waals surface area contributed by atoms with E-state index in [2.05, 4.69) is 20.5 Å². The Balaban J connectivity index is 1.73. The second-order valence-corrected chi connectivity index (χ2v) is 6.67. The van der Waals surface area contributed by atoms with E-state index in [1.807, 2.05) is 38.1 Å². The van der Waals surface area contributed by atoms with Crippen LogP contribution < -0.4 is 10.1 Å². The van der Waals surface area contributed by atoms with E-state index in [1.54, 1.807) is 48.5 Å². The first-order valence-electron chi connectivity index (χ1n) is 8.96. The number of nitrogens with one attached hydrogen (secondary N) is 1. The summed E-state index contributed by atoms with van der Waals surface area (Å²) < 4.78 is 7.14. The number of anilines is 1. The Kier molecular flexibility index (Phi) is 5.88. The molecule has 146 valence electrons. The molecule has 8 nitrogen and oxygen atoms in total. The molecule has 0 saturated heterocycles. The van der Waals surface area contributed by atoms with Crippen molar-refractivity contribution in [3.05, 3.63) is 60.4 Å². The first-order valence-corrected chi connectivity index (χ1v) is 8.96. The summed E-state index contributed by atoms with van der Waals surface area (Å²) in [5.41, 5.74) is 3.51. The zero-order valence-corrected chi connectivity index (χ0v) is 16.5. The van der Waals surface area contributed by atoms with Crippen LogP contribution in [0.5, 0.6) is 5.75 Å². The van der Waals surface area contributed by atoms with E-state index in [4.69, 9.17) is 4.74 Å². The van der Waals surface area contributed by atoms with Gasteiger partial charge < -0.3 is 15.0 Å². The van der Waals surface area contributed by atoms with Crippen LogP contribution in [0.2, 0.25) is 0 Å². The van der Waals surface area contributed by atoms with Gasteiger partial charge in [-0.25, -0.2) is 4.79 Å². The van der Waals surface area contributed by atoms with E-state index in [-0.39, 0.29) is 12.1 Å². The number of urea groups is 1. The first-order chi connectivity index (χ1) is 13.5. The summed E-state index contributed by atoms with van der Waals surface area (Å²) in [7, 11) is 3.34. The lowest BCUT2D eigenvalue weighted by molar-refractivity contribution is 0.207. The van der Waals surface area contributed by atoms with Crippen LogP contribution in [0.4, 0.5) is 10.5 Å². The lowest BCUT2D eigenvalue weighted by Crippen LogP contribution is -2.39. The van der Waals surface area contributed by atoms with Gasteiger partial charge in [-0.1, -0.05) is 0 Å². The number of benzene rings is 1. The van der Waals surface area contributed by atoms with Crippen LogP contribution in [0, 0.1) is 6.92 Å². The van der Waals surface area contributed by atoms with Crippen molar-refractivity contribution in [3.8, 4) is 11.4 Å². The zero-order valence-electron chi connectivity index (χ0n) is 16.5. The minimum absolute atomic E-state index is 0.0265. The number of rotatable bonds is 6. The van der Waals surface area contributed by atoms with Gasteiger partial charge in [0, 0.05) is 31.4 Å². The molecule has 3 aromatic rings. The number of pyridine rings is 1. The zero-order chi connectivity index (χ0) is 20.1. The molecule has 2 amide bonds. The normalized spacial score (nSPS) is 11.7. The number of carbonyl (C=O) groups excluding carboxylic acids is 1. The van der Waals surface area contributed by atoms with Crippen molar-refractivity contribution in [3.63, 3.8) is 0 Å². The van der Waals surface area contributed by atoms with Gasteiger partial charge in [0.25, 0.3) is 0 Å². The molecule has 0 aliphatic carbocycles. The molecule has 2 aromatic heterocycles. The second kappa shape index (κ2) is 8.51. The third-order valence-corrected chi connectivity index (χ3v) is 4.60. The summed E-state index contributed by atoms with van der Waals surface area (Å²) in [6.45, 7) is 4.02. The molecule has 1 unspecified atom stereocenters. The highest BCUT2D eigenvalue weighted by Gasteiger charge is 2.18. The van der Waals surface area contributed by atoms with Crippen molar-refractivity contribution in [2.45, 2.75) is 26.3 Å². The third-order valence-electron chi connectivity index (χ3n) is 4.60. The molecule has 2 heterocycles. The summed E-state index contributed by atoms with van der Waals surface area (Å²) in [6, 6.07) is 9.23. The maximum Gasteiger partial charge on any atom is 0.321 e. The van der Waals surface area contributed by atoms with Gasteiger partial charge in [0.1, 0.15) is 18.4 Å². The number of ether oxygens (including phenoxy) is 1. The van der Waals surface area contributed by atoms with Crippen molar-refractivity contribution >= 4 is 11.7 Å². The molecule has 0 spiro atoms. The largest absolute Gasteiger partial charge is 0.495 e. The molecule has 0 radical (unpaired) electrons. The number of hydrogen-bond donors (Lipinski definition) is 1.